The van der Waals surface area contributed by atoms with Crippen molar-refractivity contribution in [3.63, 3.8) is 0 Å². The van der Waals surface area contributed by atoms with Crippen LogP contribution in [0.4, 0.5) is 5.69 Å². The summed E-state index contributed by atoms with van der Waals surface area (Å²) in [5, 5.41) is 10.2. The molecule has 3 rings (SSSR count). The number of hydrogen-bond acceptors (Lipinski definition) is 4. The summed E-state index contributed by atoms with van der Waals surface area (Å²) in [5.41, 5.74) is 1.43. The van der Waals surface area contributed by atoms with Crippen molar-refractivity contribution < 1.29 is 19.4 Å². The van der Waals surface area contributed by atoms with Gasteiger partial charge in [0.25, 0.3) is 5.91 Å². The van der Waals surface area contributed by atoms with Gasteiger partial charge in [0, 0.05) is 17.8 Å². The summed E-state index contributed by atoms with van der Waals surface area (Å²) in [4.78, 5) is 14.1. The molecule has 0 bridgehead atoms. The van der Waals surface area contributed by atoms with Crippen LogP contribution in [-0.2, 0) is 4.79 Å². The number of benzene rings is 2. The standard InChI is InChI=1S/C18H19NO4/c1-22-14-7-8-16-15(11-14)17(20)9-10-19(16)18(21)12-23-13-5-3-2-4-6-13/h2-8,11,17,20H,9-10,12H2,1H3. The Morgan fingerprint density at radius 2 is 2.00 bits per heavy atom. The van der Waals surface area contributed by atoms with E-state index in [9.17, 15) is 9.90 Å². The lowest BCUT2D eigenvalue weighted by molar-refractivity contribution is -0.120. The van der Waals surface area contributed by atoms with Crippen LogP contribution in [-0.4, -0.2) is 31.3 Å². The summed E-state index contributed by atoms with van der Waals surface area (Å²) in [6.45, 7) is 0.434. The third kappa shape index (κ3) is 3.29. The fourth-order valence-corrected chi connectivity index (χ4v) is 2.70. The monoisotopic (exact) mass is 313 g/mol. The van der Waals surface area contributed by atoms with E-state index in [1.807, 2.05) is 30.3 Å². The molecule has 2 aromatic rings. The van der Waals surface area contributed by atoms with Crippen molar-refractivity contribution in [2.45, 2.75) is 12.5 Å². The summed E-state index contributed by atoms with van der Waals surface area (Å²) < 4.78 is 10.7. The molecule has 0 fully saturated rings. The number of carbonyl (C=O) groups is 1. The second-order valence-electron chi connectivity index (χ2n) is 5.38. The maximum absolute atomic E-state index is 12.5. The summed E-state index contributed by atoms with van der Waals surface area (Å²) in [7, 11) is 1.58. The number of anilines is 1. The van der Waals surface area contributed by atoms with Gasteiger partial charge >= 0.3 is 0 Å². The Kier molecular flexibility index (Phi) is 4.48. The van der Waals surface area contributed by atoms with Crippen molar-refractivity contribution in [1.82, 2.24) is 0 Å². The minimum Gasteiger partial charge on any atom is -0.497 e. The number of ether oxygens (including phenoxy) is 2. The number of carbonyl (C=O) groups excluding carboxylic acids is 1. The molecule has 0 radical (unpaired) electrons. The van der Waals surface area contributed by atoms with Crippen molar-refractivity contribution in [1.29, 1.82) is 0 Å². The molecule has 23 heavy (non-hydrogen) atoms. The third-order valence-electron chi connectivity index (χ3n) is 3.92. The highest BCUT2D eigenvalue weighted by Gasteiger charge is 2.28. The molecule has 2 aromatic carbocycles. The van der Waals surface area contributed by atoms with Gasteiger partial charge in [-0.3, -0.25) is 4.79 Å². The van der Waals surface area contributed by atoms with Crippen LogP contribution in [0, 0.1) is 0 Å². The van der Waals surface area contributed by atoms with Gasteiger partial charge in [0.2, 0.25) is 0 Å². The zero-order chi connectivity index (χ0) is 16.2. The molecule has 120 valence electrons. The molecule has 1 aliphatic rings. The first kappa shape index (κ1) is 15.4. The molecule has 0 saturated heterocycles. The SMILES string of the molecule is COc1ccc2c(c1)C(O)CCN2C(=O)COc1ccccc1. The van der Waals surface area contributed by atoms with Gasteiger partial charge in [-0.1, -0.05) is 18.2 Å². The smallest absolute Gasteiger partial charge is 0.264 e. The van der Waals surface area contributed by atoms with E-state index < -0.39 is 6.10 Å². The summed E-state index contributed by atoms with van der Waals surface area (Å²) in [6, 6.07) is 14.6. The summed E-state index contributed by atoms with van der Waals surface area (Å²) in [5.74, 6) is 1.19. The van der Waals surface area contributed by atoms with Crippen LogP contribution in [0.2, 0.25) is 0 Å². The van der Waals surface area contributed by atoms with Crippen LogP contribution in [0.1, 0.15) is 18.1 Å². The first-order valence-corrected chi connectivity index (χ1v) is 7.53. The fourth-order valence-electron chi connectivity index (χ4n) is 2.70. The molecule has 1 heterocycles. The Morgan fingerprint density at radius 1 is 1.22 bits per heavy atom. The minimum atomic E-state index is -0.584. The molecule has 0 spiro atoms. The maximum atomic E-state index is 12.5. The Labute approximate surface area is 135 Å². The molecule has 1 atom stereocenters. The second kappa shape index (κ2) is 6.71. The van der Waals surface area contributed by atoms with E-state index in [1.54, 1.807) is 30.2 Å². The van der Waals surface area contributed by atoms with Gasteiger partial charge in [-0.15, -0.1) is 0 Å². The summed E-state index contributed by atoms with van der Waals surface area (Å²) in [6.07, 6.45) is -0.0868. The largest absolute Gasteiger partial charge is 0.497 e. The van der Waals surface area contributed by atoms with Crippen LogP contribution in [0.15, 0.2) is 48.5 Å². The number of amides is 1. The lowest BCUT2D eigenvalue weighted by Gasteiger charge is -2.32. The van der Waals surface area contributed by atoms with Gasteiger partial charge < -0.3 is 19.5 Å². The molecule has 1 N–H and O–H groups in total. The number of methoxy groups -OCH3 is 1. The molecule has 0 aliphatic carbocycles. The normalized spacial score (nSPS) is 16.6. The fraction of sp³-hybridized carbons (Fsp3) is 0.278. The van der Waals surface area contributed by atoms with Gasteiger partial charge in [-0.25, -0.2) is 0 Å². The molecule has 1 amide bonds. The minimum absolute atomic E-state index is 0.0361. The summed E-state index contributed by atoms with van der Waals surface area (Å²) >= 11 is 0. The van der Waals surface area contributed by atoms with E-state index in [0.29, 0.717) is 35.7 Å². The van der Waals surface area contributed by atoms with Crippen molar-refractivity contribution >= 4 is 11.6 Å². The lowest BCUT2D eigenvalue weighted by Crippen LogP contribution is -2.39. The number of hydrogen-bond donors (Lipinski definition) is 1. The van der Waals surface area contributed by atoms with Gasteiger partial charge in [0.1, 0.15) is 11.5 Å². The second-order valence-corrected chi connectivity index (χ2v) is 5.38. The van der Waals surface area contributed by atoms with Gasteiger partial charge in [-0.05, 0) is 36.8 Å². The average Bonchev–Trinajstić information content (AvgIpc) is 2.60. The molecule has 1 unspecified atom stereocenters. The Hall–Kier alpha value is -2.53. The average molecular weight is 313 g/mol. The van der Waals surface area contributed by atoms with Crippen LogP contribution < -0.4 is 14.4 Å². The van der Waals surface area contributed by atoms with Crippen LogP contribution in [0.25, 0.3) is 0 Å². The van der Waals surface area contributed by atoms with Crippen molar-refractivity contribution in [2.24, 2.45) is 0 Å². The number of para-hydroxylation sites is 1. The van der Waals surface area contributed by atoms with E-state index >= 15 is 0 Å². The van der Waals surface area contributed by atoms with Crippen molar-refractivity contribution in [3.05, 3.63) is 54.1 Å². The maximum Gasteiger partial charge on any atom is 0.264 e. The van der Waals surface area contributed by atoms with Crippen molar-refractivity contribution in [3.8, 4) is 11.5 Å². The van der Waals surface area contributed by atoms with E-state index in [4.69, 9.17) is 9.47 Å². The number of nitrogens with zero attached hydrogens (tertiary/aromatic N) is 1. The molecule has 5 nitrogen and oxygen atoms in total. The molecular weight excluding hydrogens is 294 g/mol. The first-order chi connectivity index (χ1) is 11.2. The molecule has 0 saturated carbocycles. The van der Waals surface area contributed by atoms with Gasteiger partial charge in [-0.2, -0.15) is 0 Å². The van der Waals surface area contributed by atoms with Crippen LogP contribution >= 0.6 is 0 Å². The van der Waals surface area contributed by atoms with E-state index in [2.05, 4.69) is 0 Å². The highest BCUT2D eigenvalue weighted by Crippen LogP contribution is 2.36. The molecule has 1 aliphatic heterocycles. The number of fused-ring (bicyclic) bond motifs is 1. The van der Waals surface area contributed by atoms with Crippen LogP contribution in [0.3, 0.4) is 0 Å². The Bertz CT molecular complexity index is 687. The highest BCUT2D eigenvalue weighted by molar-refractivity contribution is 5.95. The molecular formula is C18H19NO4. The predicted octanol–water partition coefficient (Wildman–Crippen LogP) is 2.54. The quantitative estimate of drug-likeness (QED) is 0.942. The van der Waals surface area contributed by atoms with E-state index in [0.717, 1.165) is 0 Å². The zero-order valence-electron chi connectivity index (χ0n) is 12.9. The highest BCUT2D eigenvalue weighted by atomic mass is 16.5. The topological polar surface area (TPSA) is 59.0 Å². The number of aliphatic hydroxyl groups excluding tert-OH is 1. The Balaban J connectivity index is 1.76. The number of rotatable bonds is 4. The molecule has 5 heteroatoms. The first-order valence-electron chi connectivity index (χ1n) is 7.53. The van der Waals surface area contributed by atoms with Gasteiger partial charge in [0.15, 0.2) is 6.61 Å². The number of aliphatic hydroxyl groups is 1. The molecule has 0 aromatic heterocycles. The van der Waals surface area contributed by atoms with E-state index in [-0.39, 0.29) is 12.5 Å². The van der Waals surface area contributed by atoms with Gasteiger partial charge in [0.05, 0.1) is 13.2 Å². The predicted molar refractivity (Wildman–Crippen MR) is 86.9 cm³/mol. The van der Waals surface area contributed by atoms with E-state index in [1.165, 1.54) is 0 Å². The van der Waals surface area contributed by atoms with Crippen LogP contribution in [0.5, 0.6) is 11.5 Å². The Morgan fingerprint density at radius 3 is 2.74 bits per heavy atom. The lowest BCUT2D eigenvalue weighted by atomic mass is 9.98. The zero-order valence-corrected chi connectivity index (χ0v) is 12.9. The third-order valence-corrected chi connectivity index (χ3v) is 3.92. The van der Waals surface area contributed by atoms with Crippen molar-refractivity contribution in [2.75, 3.05) is 25.2 Å².